The number of aryl methyl sites for hydroxylation is 5. The van der Waals surface area contributed by atoms with Crippen LogP contribution in [0.3, 0.4) is 0 Å². The lowest BCUT2D eigenvalue weighted by atomic mass is 10.00. The lowest BCUT2D eigenvalue weighted by Crippen LogP contribution is -2.19. The third kappa shape index (κ3) is 6.89. The summed E-state index contributed by atoms with van der Waals surface area (Å²) in [6.07, 6.45) is 3.04. The van der Waals surface area contributed by atoms with Crippen LogP contribution in [0.2, 0.25) is 0 Å². The predicted molar refractivity (Wildman–Crippen MR) is 177 cm³/mol. The lowest BCUT2D eigenvalue weighted by molar-refractivity contribution is 0.200. The van der Waals surface area contributed by atoms with Gasteiger partial charge in [-0.1, -0.05) is 31.2 Å². The topological polar surface area (TPSA) is 123 Å². The standard InChI is InChI=1S/C35H38N2O7S/c1-6-25-9-7-8-21(2)33(25)43-30-11-10-24(12-13-36-45(40)41)18-27(30)29-20-37(5)35(39)28-19-31(44-34(28)29)26-16-22(3)32(23(4)17-26)42-15-14-38/h7-11,16-20,36,38H,6,12-15H2,1-5H3,(H,40,41). The highest BCUT2D eigenvalue weighted by molar-refractivity contribution is 7.77. The van der Waals surface area contributed by atoms with Crippen LogP contribution in [0, 0.1) is 20.8 Å². The third-order valence-electron chi connectivity index (χ3n) is 7.79. The molecule has 3 aromatic carbocycles. The van der Waals surface area contributed by atoms with Gasteiger partial charge in [-0.15, -0.1) is 0 Å². The lowest BCUT2D eigenvalue weighted by Gasteiger charge is -2.17. The molecule has 0 aliphatic carbocycles. The Labute approximate surface area is 264 Å². The molecule has 2 heterocycles. The summed E-state index contributed by atoms with van der Waals surface area (Å²) < 4.78 is 43.3. The molecule has 0 spiro atoms. The number of aliphatic hydroxyl groups excluding tert-OH is 1. The minimum atomic E-state index is -2.11. The summed E-state index contributed by atoms with van der Waals surface area (Å²) in [5, 5.41) is 9.64. The van der Waals surface area contributed by atoms with Crippen LogP contribution >= 0.6 is 0 Å². The van der Waals surface area contributed by atoms with Gasteiger partial charge in [-0.3, -0.25) is 9.35 Å². The van der Waals surface area contributed by atoms with Gasteiger partial charge in [0.05, 0.1) is 12.0 Å². The molecule has 0 amide bonds. The molecule has 0 aliphatic heterocycles. The van der Waals surface area contributed by atoms with E-state index in [0.717, 1.165) is 51.1 Å². The molecule has 0 fully saturated rings. The SMILES string of the molecule is CCc1cccc(C)c1Oc1ccc(CCNS(=O)O)cc1-c1cn(C)c(=O)c2cc(-c3cc(C)c(OCCO)c(C)c3)oc12. The average Bonchev–Trinajstić information content (AvgIpc) is 3.46. The molecule has 10 heteroatoms. The van der Waals surface area contributed by atoms with E-state index >= 15 is 0 Å². The van der Waals surface area contributed by atoms with Gasteiger partial charge in [0, 0.05) is 36.5 Å². The molecule has 0 radical (unpaired) electrons. The fraction of sp³-hybridized carbons (Fsp3) is 0.286. The van der Waals surface area contributed by atoms with Gasteiger partial charge in [0.25, 0.3) is 5.56 Å². The summed E-state index contributed by atoms with van der Waals surface area (Å²) in [7, 11) is 1.71. The fourth-order valence-electron chi connectivity index (χ4n) is 5.62. The summed E-state index contributed by atoms with van der Waals surface area (Å²) in [6.45, 7) is 8.38. The molecule has 45 heavy (non-hydrogen) atoms. The van der Waals surface area contributed by atoms with E-state index in [1.165, 1.54) is 4.57 Å². The zero-order valence-electron chi connectivity index (χ0n) is 26.1. The minimum absolute atomic E-state index is 0.0791. The largest absolute Gasteiger partial charge is 0.491 e. The van der Waals surface area contributed by atoms with Crippen molar-refractivity contribution >= 4 is 22.2 Å². The number of aliphatic hydroxyl groups is 1. The summed E-state index contributed by atoms with van der Waals surface area (Å²) in [5.41, 5.74) is 7.20. The number of ether oxygens (including phenoxy) is 2. The molecule has 236 valence electrons. The van der Waals surface area contributed by atoms with E-state index in [9.17, 15) is 18.7 Å². The van der Waals surface area contributed by atoms with Crippen molar-refractivity contribution in [1.82, 2.24) is 9.29 Å². The van der Waals surface area contributed by atoms with E-state index in [-0.39, 0.29) is 18.8 Å². The van der Waals surface area contributed by atoms with Gasteiger partial charge in [-0.05, 0) is 91.8 Å². The van der Waals surface area contributed by atoms with Gasteiger partial charge < -0.3 is 23.6 Å². The van der Waals surface area contributed by atoms with Crippen LogP contribution in [-0.2, 0) is 31.2 Å². The van der Waals surface area contributed by atoms with Crippen LogP contribution in [0.5, 0.6) is 17.2 Å². The van der Waals surface area contributed by atoms with Gasteiger partial charge in [0.15, 0.2) is 0 Å². The number of fused-ring (bicyclic) bond motifs is 1. The van der Waals surface area contributed by atoms with Crippen molar-refractivity contribution in [3.8, 4) is 39.7 Å². The summed E-state index contributed by atoms with van der Waals surface area (Å²) in [4.78, 5) is 13.4. The minimum Gasteiger partial charge on any atom is -0.491 e. The maximum atomic E-state index is 13.4. The van der Waals surface area contributed by atoms with Crippen LogP contribution in [0.4, 0.5) is 0 Å². The number of para-hydroxylation sites is 1. The number of nitrogens with zero attached hydrogens (tertiary/aromatic N) is 1. The van der Waals surface area contributed by atoms with Crippen LogP contribution in [-0.4, -0.2) is 38.2 Å². The summed E-state index contributed by atoms with van der Waals surface area (Å²) in [5.74, 6) is 2.62. The number of nitrogens with one attached hydrogen (secondary N) is 1. The Morgan fingerprint density at radius 2 is 1.73 bits per heavy atom. The van der Waals surface area contributed by atoms with Crippen molar-refractivity contribution in [2.45, 2.75) is 40.5 Å². The Hall–Kier alpha value is -4.22. The summed E-state index contributed by atoms with van der Waals surface area (Å²) in [6, 6.07) is 17.5. The Morgan fingerprint density at radius 1 is 0.978 bits per heavy atom. The zero-order valence-corrected chi connectivity index (χ0v) is 26.9. The highest BCUT2D eigenvalue weighted by atomic mass is 32.2. The first-order chi connectivity index (χ1) is 21.6. The smallest absolute Gasteiger partial charge is 0.261 e. The predicted octanol–water partition coefficient (Wildman–Crippen LogP) is 6.39. The fourth-order valence-corrected chi connectivity index (χ4v) is 5.89. The monoisotopic (exact) mass is 630 g/mol. The van der Waals surface area contributed by atoms with Crippen LogP contribution in [0.25, 0.3) is 33.4 Å². The van der Waals surface area contributed by atoms with Crippen molar-refractivity contribution in [3.05, 3.63) is 99.0 Å². The Bertz CT molecular complexity index is 1920. The van der Waals surface area contributed by atoms with Crippen LogP contribution in [0.1, 0.15) is 34.7 Å². The molecule has 1 unspecified atom stereocenters. The zero-order chi connectivity index (χ0) is 32.2. The number of hydrogen-bond acceptors (Lipinski definition) is 6. The number of pyridine rings is 1. The van der Waals surface area contributed by atoms with Crippen LogP contribution in [0.15, 0.2) is 70.0 Å². The summed E-state index contributed by atoms with van der Waals surface area (Å²) >= 11 is -2.11. The number of hydrogen-bond donors (Lipinski definition) is 3. The van der Waals surface area contributed by atoms with Gasteiger partial charge >= 0.3 is 0 Å². The van der Waals surface area contributed by atoms with Gasteiger partial charge in [-0.2, -0.15) is 0 Å². The second-order valence-electron chi connectivity index (χ2n) is 11.1. The molecule has 0 aliphatic rings. The van der Waals surface area contributed by atoms with Crippen molar-refractivity contribution in [1.29, 1.82) is 0 Å². The second-order valence-corrected chi connectivity index (χ2v) is 11.9. The molecule has 2 aromatic heterocycles. The maximum Gasteiger partial charge on any atom is 0.261 e. The van der Waals surface area contributed by atoms with Gasteiger partial charge in [0.2, 0.25) is 11.3 Å². The number of benzene rings is 3. The van der Waals surface area contributed by atoms with Crippen molar-refractivity contribution in [2.24, 2.45) is 7.05 Å². The molecule has 0 saturated carbocycles. The molecular formula is C35H38N2O7S. The van der Waals surface area contributed by atoms with E-state index in [1.54, 1.807) is 19.3 Å². The van der Waals surface area contributed by atoms with Gasteiger partial charge in [0.1, 0.15) is 35.2 Å². The normalized spacial score (nSPS) is 12.1. The molecule has 0 saturated heterocycles. The highest BCUT2D eigenvalue weighted by Gasteiger charge is 2.21. The molecule has 5 aromatic rings. The first kappa shape index (κ1) is 32.2. The molecular weight excluding hydrogens is 592 g/mol. The molecule has 5 rings (SSSR count). The first-order valence-corrected chi connectivity index (χ1v) is 15.9. The average molecular weight is 631 g/mol. The third-order valence-corrected chi connectivity index (χ3v) is 8.24. The van der Waals surface area contributed by atoms with E-state index in [1.807, 2.05) is 69.3 Å². The Kier molecular flexibility index (Phi) is 9.89. The van der Waals surface area contributed by atoms with Crippen LogP contribution < -0.4 is 19.8 Å². The Balaban J connectivity index is 1.68. The van der Waals surface area contributed by atoms with Gasteiger partial charge in [-0.25, -0.2) is 8.93 Å². The number of rotatable bonds is 12. The molecule has 3 N–H and O–H groups in total. The highest BCUT2D eigenvalue weighted by Crippen LogP contribution is 2.41. The quantitative estimate of drug-likeness (QED) is 0.137. The van der Waals surface area contributed by atoms with Crippen molar-refractivity contribution in [2.75, 3.05) is 19.8 Å². The number of furan rings is 1. The Morgan fingerprint density at radius 3 is 2.42 bits per heavy atom. The van der Waals surface area contributed by atoms with E-state index in [4.69, 9.17) is 13.9 Å². The molecule has 0 bridgehead atoms. The van der Waals surface area contributed by atoms with E-state index < -0.39 is 11.3 Å². The maximum absolute atomic E-state index is 13.4. The first-order valence-electron chi connectivity index (χ1n) is 14.8. The van der Waals surface area contributed by atoms with E-state index in [0.29, 0.717) is 46.8 Å². The molecule has 1 atom stereocenters. The van der Waals surface area contributed by atoms with E-state index in [2.05, 4.69) is 11.6 Å². The second kappa shape index (κ2) is 13.8. The van der Waals surface area contributed by atoms with Crippen molar-refractivity contribution < 1.29 is 27.8 Å². The van der Waals surface area contributed by atoms with Crippen molar-refractivity contribution in [3.63, 3.8) is 0 Å². The molecule has 9 nitrogen and oxygen atoms in total. The number of aromatic nitrogens is 1.